The van der Waals surface area contributed by atoms with Gasteiger partial charge in [0, 0.05) is 19.1 Å². The highest BCUT2D eigenvalue weighted by Crippen LogP contribution is 2.12. The Balaban J connectivity index is 2.44. The molecule has 0 aromatic carbocycles. The highest BCUT2D eigenvalue weighted by Gasteiger charge is 2.36. The monoisotopic (exact) mass is 264 g/mol. The van der Waals surface area contributed by atoms with Crippen LogP contribution in [0.3, 0.4) is 0 Å². The standard InChI is InChI=1S/C10H20N2O4S/c1-3-12(4-2)10(14)5-11-8-6-17(15,16)7-9(8)13/h8-9,11,13H,3-7H2,1-2H3. The minimum Gasteiger partial charge on any atom is -0.390 e. The first kappa shape index (κ1) is 14.4. The number of rotatable bonds is 5. The zero-order valence-corrected chi connectivity index (χ0v) is 11.0. The van der Waals surface area contributed by atoms with Crippen molar-refractivity contribution >= 4 is 15.7 Å². The van der Waals surface area contributed by atoms with Crippen molar-refractivity contribution in [1.82, 2.24) is 10.2 Å². The van der Waals surface area contributed by atoms with Crippen molar-refractivity contribution < 1.29 is 18.3 Å². The van der Waals surface area contributed by atoms with Gasteiger partial charge in [-0.25, -0.2) is 8.42 Å². The lowest BCUT2D eigenvalue weighted by Gasteiger charge is -2.21. The van der Waals surface area contributed by atoms with Crippen LogP contribution in [0.25, 0.3) is 0 Å². The van der Waals surface area contributed by atoms with E-state index in [4.69, 9.17) is 0 Å². The lowest BCUT2D eigenvalue weighted by molar-refractivity contribution is -0.130. The van der Waals surface area contributed by atoms with Crippen LogP contribution in [-0.4, -0.2) is 67.6 Å². The van der Waals surface area contributed by atoms with Gasteiger partial charge in [-0.3, -0.25) is 4.79 Å². The summed E-state index contributed by atoms with van der Waals surface area (Å²) in [5, 5.41) is 12.3. The Hall–Kier alpha value is -0.660. The molecular formula is C10H20N2O4S. The molecule has 1 heterocycles. The maximum absolute atomic E-state index is 11.7. The lowest BCUT2D eigenvalue weighted by atomic mass is 10.2. The molecule has 100 valence electrons. The molecule has 6 nitrogen and oxygen atoms in total. The highest BCUT2D eigenvalue weighted by atomic mass is 32.2. The number of sulfone groups is 1. The van der Waals surface area contributed by atoms with Crippen molar-refractivity contribution in [2.45, 2.75) is 26.0 Å². The summed E-state index contributed by atoms with van der Waals surface area (Å²) >= 11 is 0. The van der Waals surface area contributed by atoms with Gasteiger partial charge in [0.1, 0.15) is 0 Å². The van der Waals surface area contributed by atoms with E-state index in [-0.39, 0.29) is 24.0 Å². The molecule has 1 aliphatic heterocycles. The summed E-state index contributed by atoms with van der Waals surface area (Å²) in [4.78, 5) is 13.3. The Labute approximate surface area is 102 Å². The number of carbonyl (C=O) groups is 1. The van der Waals surface area contributed by atoms with Crippen LogP contribution in [0.4, 0.5) is 0 Å². The summed E-state index contributed by atoms with van der Waals surface area (Å²) in [6.07, 6.45) is -0.912. The minimum absolute atomic E-state index is 0.0684. The molecule has 0 aromatic heterocycles. The second kappa shape index (κ2) is 5.79. The smallest absolute Gasteiger partial charge is 0.236 e. The number of aliphatic hydroxyl groups excluding tert-OH is 1. The van der Waals surface area contributed by atoms with Crippen molar-refractivity contribution in [3.8, 4) is 0 Å². The topological polar surface area (TPSA) is 86.7 Å². The van der Waals surface area contributed by atoms with Gasteiger partial charge in [0.15, 0.2) is 9.84 Å². The fourth-order valence-corrected chi connectivity index (χ4v) is 3.71. The number of amides is 1. The Morgan fingerprint density at radius 3 is 2.35 bits per heavy atom. The van der Waals surface area contributed by atoms with E-state index in [1.807, 2.05) is 13.8 Å². The van der Waals surface area contributed by atoms with Gasteiger partial charge in [-0.05, 0) is 13.8 Å². The molecule has 0 aromatic rings. The average Bonchev–Trinajstić information content (AvgIpc) is 2.50. The van der Waals surface area contributed by atoms with E-state index in [0.717, 1.165) is 0 Å². The molecule has 0 aliphatic carbocycles. The third kappa shape index (κ3) is 3.93. The largest absolute Gasteiger partial charge is 0.390 e. The number of carbonyl (C=O) groups excluding carboxylic acids is 1. The number of hydrogen-bond donors (Lipinski definition) is 2. The summed E-state index contributed by atoms with van der Waals surface area (Å²) < 4.78 is 22.5. The van der Waals surface area contributed by atoms with Crippen LogP contribution in [0.2, 0.25) is 0 Å². The third-order valence-electron chi connectivity index (χ3n) is 2.95. The van der Waals surface area contributed by atoms with Gasteiger partial charge in [0.05, 0.1) is 24.2 Å². The molecule has 17 heavy (non-hydrogen) atoms. The normalized spacial score (nSPS) is 27.0. The number of likely N-dealkylation sites (N-methyl/N-ethyl adjacent to an activating group) is 1. The van der Waals surface area contributed by atoms with Crippen molar-refractivity contribution in [1.29, 1.82) is 0 Å². The van der Waals surface area contributed by atoms with E-state index in [2.05, 4.69) is 5.32 Å². The van der Waals surface area contributed by atoms with Crippen LogP contribution >= 0.6 is 0 Å². The molecule has 0 radical (unpaired) electrons. The summed E-state index contributed by atoms with van der Waals surface area (Å²) in [5.74, 6) is -0.393. The molecule has 1 amide bonds. The predicted molar refractivity (Wildman–Crippen MR) is 64.4 cm³/mol. The first-order valence-electron chi connectivity index (χ1n) is 5.79. The quantitative estimate of drug-likeness (QED) is 0.638. The molecule has 0 spiro atoms. The molecule has 2 N–H and O–H groups in total. The zero-order chi connectivity index (χ0) is 13.1. The Kier molecular flexibility index (Phi) is 4.91. The van der Waals surface area contributed by atoms with Gasteiger partial charge in [-0.1, -0.05) is 0 Å². The Morgan fingerprint density at radius 2 is 1.94 bits per heavy atom. The second-order valence-electron chi connectivity index (χ2n) is 4.20. The van der Waals surface area contributed by atoms with Gasteiger partial charge >= 0.3 is 0 Å². The van der Waals surface area contributed by atoms with Gasteiger partial charge in [-0.2, -0.15) is 0 Å². The van der Waals surface area contributed by atoms with Crippen molar-refractivity contribution in [2.75, 3.05) is 31.1 Å². The summed E-state index contributed by atoms with van der Waals surface area (Å²) in [6.45, 7) is 5.09. The van der Waals surface area contributed by atoms with Crippen LogP contribution in [0.1, 0.15) is 13.8 Å². The molecule has 0 bridgehead atoms. The highest BCUT2D eigenvalue weighted by molar-refractivity contribution is 7.91. The van der Waals surface area contributed by atoms with Gasteiger partial charge in [-0.15, -0.1) is 0 Å². The minimum atomic E-state index is -3.16. The number of nitrogens with zero attached hydrogens (tertiary/aromatic N) is 1. The maximum Gasteiger partial charge on any atom is 0.236 e. The number of nitrogens with one attached hydrogen (secondary N) is 1. The Bertz CT molecular complexity index is 365. The molecule has 2 unspecified atom stereocenters. The lowest BCUT2D eigenvalue weighted by Crippen LogP contribution is -2.45. The van der Waals surface area contributed by atoms with Crippen LogP contribution in [0, 0.1) is 0 Å². The summed E-state index contributed by atoms with van der Waals surface area (Å²) in [6, 6.07) is -0.528. The summed E-state index contributed by atoms with van der Waals surface area (Å²) in [5.41, 5.74) is 0. The van der Waals surface area contributed by atoms with Crippen LogP contribution in [0.5, 0.6) is 0 Å². The zero-order valence-electron chi connectivity index (χ0n) is 10.2. The molecule has 1 aliphatic rings. The Morgan fingerprint density at radius 1 is 1.35 bits per heavy atom. The maximum atomic E-state index is 11.7. The van der Waals surface area contributed by atoms with Crippen molar-refractivity contribution in [3.63, 3.8) is 0 Å². The van der Waals surface area contributed by atoms with E-state index in [1.54, 1.807) is 4.90 Å². The summed E-state index contributed by atoms with van der Waals surface area (Å²) in [7, 11) is -3.16. The molecule has 2 atom stereocenters. The van der Waals surface area contributed by atoms with Crippen molar-refractivity contribution in [2.24, 2.45) is 0 Å². The van der Waals surface area contributed by atoms with Gasteiger partial charge in [0.2, 0.25) is 5.91 Å². The van der Waals surface area contributed by atoms with E-state index >= 15 is 0 Å². The SMILES string of the molecule is CCN(CC)C(=O)CNC1CS(=O)(=O)CC1O. The number of hydrogen-bond acceptors (Lipinski definition) is 5. The first-order chi connectivity index (χ1) is 7.89. The third-order valence-corrected chi connectivity index (χ3v) is 4.67. The van der Waals surface area contributed by atoms with Crippen LogP contribution < -0.4 is 5.32 Å². The van der Waals surface area contributed by atoms with E-state index in [0.29, 0.717) is 13.1 Å². The second-order valence-corrected chi connectivity index (χ2v) is 6.35. The molecule has 1 rings (SSSR count). The predicted octanol–water partition coefficient (Wildman–Crippen LogP) is -1.40. The van der Waals surface area contributed by atoms with Crippen molar-refractivity contribution in [3.05, 3.63) is 0 Å². The van der Waals surface area contributed by atoms with E-state index < -0.39 is 22.0 Å². The number of aliphatic hydroxyl groups is 1. The van der Waals surface area contributed by atoms with E-state index in [9.17, 15) is 18.3 Å². The molecular weight excluding hydrogens is 244 g/mol. The van der Waals surface area contributed by atoms with Crippen LogP contribution in [-0.2, 0) is 14.6 Å². The van der Waals surface area contributed by atoms with Gasteiger partial charge in [0.25, 0.3) is 0 Å². The molecule has 7 heteroatoms. The first-order valence-corrected chi connectivity index (χ1v) is 7.61. The fraction of sp³-hybridized carbons (Fsp3) is 0.900. The van der Waals surface area contributed by atoms with E-state index in [1.165, 1.54) is 0 Å². The van der Waals surface area contributed by atoms with Gasteiger partial charge < -0.3 is 15.3 Å². The molecule has 1 fully saturated rings. The fourth-order valence-electron chi connectivity index (χ4n) is 1.93. The molecule has 1 saturated heterocycles. The van der Waals surface area contributed by atoms with Crippen LogP contribution in [0.15, 0.2) is 0 Å². The molecule has 0 saturated carbocycles. The average molecular weight is 264 g/mol.